The molecule has 2 rings (SSSR count). The number of likely N-dealkylation sites (tertiary alicyclic amines) is 1. The van der Waals surface area contributed by atoms with Crippen molar-refractivity contribution in [2.45, 2.75) is 33.2 Å². The SMILES string of the molecule is Cc1ccncc1C(CN)N1CCC(C)(C)C1. The van der Waals surface area contributed by atoms with Gasteiger partial charge in [0.15, 0.2) is 0 Å². The van der Waals surface area contributed by atoms with Crippen LogP contribution in [0.2, 0.25) is 0 Å². The van der Waals surface area contributed by atoms with Crippen LogP contribution < -0.4 is 5.73 Å². The molecule has 0 aliphatic carbocycles. The van der Waals surface area contributed by atoms with Crippen LogP contribution in [0.3, 0.4) is 0 Å². The number of pyridine rings is 1. The highest BCUT2D eigenvalue weighted by Crippen LogP contribution is 2.34. The zero-order chi connectivity index (χ0) is 12.5. The van der Waals surface area contributed by atoms with Gasteiger partial charge in [-0.2, -0.15) is 0 Å². The normalized spacial score (nSPS) is 21.6. The van der Waals surface area contributed by atoms with Gasteiger partial charge >= 0.3 is 0 Å². The van der Waals surface area contributed by atoms with Gasteiger partial charge in [0, 0.05) is 31.5 Å². The van der Waals surface area contributed by atoms with E-state index in [9.17, 15) is 0 Å². The number of hydrogen-bond donors (Lipinski definition) is 1. The third-order valence-electron chi connectivity index (χ3n) is 3.81. The first-order chi connectivity index (χ1) is 8.03. The van der Waals surface area contributed by atoms with E-state index in [1.807, 2.05) is 12.4 Å². The summed E-state index contributed by atoms with van der Waals surface area (Å²) < 4.78 is 0. The van der Waals surface area contributed by atoms with E-state index in [1.165, 1.54) is 17.5 Å². The smallest absolute Gasteiger partial charge is 0.0488 e. The Hall–Kier alpha value is -0.930. The first-order valence-corrected chi connectivity index (χ1v) is 6.38. The molecule has 1 saturated heterocycles. The van der Waals surface area contributed by atoms with Crippen molar-refractivity contribution in [2.24, 2.45) is 11.1 Å². The topological polar surface area (TPSA) is 42.1 Å². The predicted molar refractivity (Wildman–Crippen MR) is 70.7 cm³/mol. The van der Waals surface area contributed by atoms with Crippen molar-refractivity contribution in [3.05, 3.63) is 29.6 Å². The van der Waals surface area contributed by atoms with Gasteiger partial charge in [0.2, 0.25) is 0 Å². The second-order valence-corrected chi connectivity index (χ2v) is 5.87. The fourth-order valence-corrected chi connectivity index (χ4v) is 2.72. The lowest BCUT2D eigenvalue weighted by Crippen LogP contribution is -2.33. The lowest BCUT2D eigenvalue weighted by molar-refractivity contribution is 0.222. The Balaban J connectivity index is 2.21. The molecule has 1 aromatic rings. The van der Waals surface area contributed by atoms with Crippen molar-refractivity contribution in [2.75, 3.05) is 19.6 Å². The molecule has 0 bridgehead atoms. The minimum Gasteiger partial charge on any atom is -0.329 e. The lowest BCUT2D eigenvalue weighted by Gasteiger charge is -2.29. The second-order valence-electron chi connectivity index (χ2n) is 5.87. The molecule has 0 spiro atoms. The van der Waals surface area contributed by atoms with Crippen LogP contribution in [0.4, 0.5) is 0 Å². The summed E-state index contributed by atoms with van der Waals surface area (Å²) in [4.78, 5) is 6.74. The molecular formula is C14H23N3. The molecule has 0 radical (unpaired) electrons. The van der Waals surface area contributed by atoms with E-state index >= 15 is 0 Å². The van der Waals surface area contributed by atoms with Gasteiger partial charge in [-0.1, -0.05) is 13.8 Å². The number of rotatable bonds is 3. The van der Waals surface area contributed by atoms with Crippen molar-refractivity contribution in [3.63, 3.8) is 0 Å². The summed E-state index contributed by atoms with van der Waals surface area (Å²) in [5.74, 6) is 0. The maximum absolute atomic E-state index is 5.97. The summed E-state index contributed by atoms with van der Waals surface area (Å²) in [6.45, 7) is 9.74. The summed E-state index contributed by atoms with van der Waals surface area (Å²) in [5.41, 5.74) is 8.97. The van der Waals surface area contributed by atoms with E-state index in [4.69, 9.17) is 5.73 Å². The van der Waals surface area contributed by atoms with Crippen LogP contribution in [0.1, 0.15) is 37.4 Å². The summed E-state index contributed by atoms with van der Waals surface area (Å²) in [6, 6.07) is 2.39. The van der Waals surface area contributed by atoms with Gasteiger partial charge in [0.25, 0.3) is 0 Å². The van der Waals surface area contributed by atoms with Crippen LogP contribution in [0, 0.1) is 12.3 Å². The maximum atomic E-state index is 5.97. The minimum atomic E-state index is 0.325. The fraction of sp³-hybridized carbons (Fsp3) is 0.643. The Morgan fingerprint density at radius 3 is 2.82 bits per heavy atom. The summed E-state index contributed by atoms with van der Waals surface area (Å²) in [5, 5.41) is 0. The van der Waals surface area contributed by atoms with Crippen LogP contribution in [-0.4, -0.2) is 29.5 Å². The average molecular weight is 233 g/mol. The van der Waals surface area contributed by atoms with E-state index in [-0.39, 0.29) is 0 Å². The number of nitrogens with two attached hydrogens (primary N) is 1. The van der Waals surface area contributed by atoms with Crippen molar-refractivity contribution in [3.8, 4) is 0 Å². The third kappa shape index (κ3) is 2.67. The van der Waals surface area contributed by atoms with Crippen LogP contribution >= 0.6 is 0 Å². The van der Waals surface area contributed by atoms with Gasteiger partial charge in [-0.15, -0.1) is 0 Å². The Labute approximate surface area is 104 Å². The van der Waals surface area contributed by atoms with E-state index in [0.29, 0.717) is 18.0 Å². The van der Waals surface area contributed by atoms with Crippen LogP contribution in [0.25, 0.3) is 0 Å². The second kappa shape index (κ2) is 4.75. The molecular weight excluding hydrogens is 210 g/mol. The van der Waals surface area contributed by atoms with Gasteiger partial charge in [0.05, 0.1) is 0 Å². The largest absolute Gasteiger partial charge is 0.329 e. The summed E-state index contributed by atoms with van der Waals surface area (Å²) >= 11 is 0. The quantitative estimate of drug-likeness (QED) is 0.869. The number of aryl methyl sites for hydroxylation is 1. The number of nitrogens with zero attached hydrogens (tertiary/aromatic N) is 2. The highest BCUT2D eigenvalue weighted by Gasteiger charge is 2.33. The molecule has 0 saturated carbocycles. The molecule has 0 amide bonds. The molecule has 1 aromatic heterocycles. The maximum Gasteiger partial charge on any atom is 0.0488 e. The Kier molecular flexibility index (Phi) is 3.50. The Morgan fingerprint density at radius 2 is 2.29 bits per heavy atom. The van der Waals surface area contributed by atoms with E-state index in [1.54, 1.807) is 0 Å². The summed E-state index contributed by atoms with van der Waals surface area (Å²) in [6.07, 6.45) is 5.07. The van der Waals surface area contributed by atoms with E-state index in [0.717, 1.165) is 13.1 Å². The average Bonchev–Trinajstić information content (AvgIpc) is 2.63. The van der Waals surface area contributed by atoms with Crippen molar-refractivity contribution in [1.82, 2.24) is 9.88 Å². The molecule has 1 fully saturated rings. The van der Waals surface area contributed by atoms with Crippen LogP contribution in [0.15, 0.2) is 18.5 Å². The zero-order valence-electron chi connectivity index (χ0n) is 11.1. The third-order valence-corrected chi connectivity index (χ3v) is 3.81. The number of hydrogen-bond acceptors (Lipinski definition) is 3. The predicted octanol–water partition coefficient (Wildman–Crippen LogP) is 2.12. The molecule has 1 aliphatic heterocycles. The van der Waals surface area contributed by atoms with Gasteiger partial charge in [-0.3, -0.25) is 9.88 Å². The lowest BCUT2D eigenvalue weighted by atomic mass is 9.93. The zero-order valence-corrected chi connectivity index (χ0v) is 11.1. The molecule has 3 nitrogen and oxygen atoms in total. The van der Waals surface area contributed by atoms with Gasteiger partial charge < -0.3 is 5.73 Å². The van der Waals surface area contributed by atoms with Crippen molar-refractivity contribution >= 4 is 0 Å². The molecule has 0 aromatic carbocycles. The molecule has 3 heteroatoms. The molecule has 1 aliphatic rings. The fourth-order valence-electron chi connectivity index (χ4n) is 2.72. The van der Waals surface area contributed by atoms with Gasteiger partial charge in [-0.25, -0.2) is 0 Å². The van der Waals surface area contributed by atoms with Crippen LogP contribution in [-0.2, 0) is 0 Å². The summed E-state index contributed by atoms with van der Waals surface area (Å²) in [7, 11) is 0. The first kappa shape index (κ1) is 12.5. The van der Waals surface area contributed by atoms with Crippen molar-refractivity contribution in [1.29, 1.82) is 0 Å². The monoisotopic (exact) mass is 233 g/mol. The highest BCUT2D eigenvalue weighted by atomic mass is 15.2. The number of aromatic nitrogens is 1. The van der Waals surface area contributed by atoms with Gasteiger partial charge in [0.1, 0.15) is 0 Å². The van der Waals surface area contributed by atoms with E-state index in [2.05, 4.69) is 36.7 Å². The highest BCUT2D eigenvalue weighted by molar-refractivity contribution is 5.25. The molecule has 17 heavy (non-hydrogen) atoms. The molecule has 2 N–H and O–H groups in total. The standard InChI is InChI=1S/C14H23N3/c1-11-4-6-16-9-12(11)13(8-15)17-7-5-14(2,3)10-17/h4,6,9,13H,5,7-8,10,15H2,1-3H3. The first-order valence-electron chi connectivity index (χ1n) is 6.38. The Morgan fingerprint density at radius 1 is 1.53 bits per heavy atom. The van der Waals surface area contributed by atoms with Gasteiger partial charge in [-0.05, 0) is 42.5 Å². The minimum absolute atomic E-state index is 0.325. The molecule has 94 valence electrons. The molecule has 1 atom stereocenters. The Bertz CT molecular complexity index is 387. The molecule has 1 unspecified atom stereocenters. The van der Waals surface area contributed by atoms with E-state index < -0.39 is 0 Å². The van der Waals surface area contributed by atoms with Crippen molar-refractivity contribution < 1.29 is 0 Å². The molecule has 2 heterocycles. The van der Waals surface area contributed by atoms with Crippen LogP contribution in [0.5, 0.6) is 0 Å².